The van der Waals surface area contributed by atoms with Crippen LogP contribution >= 0.6 is 27.5 Å². The summed E-state index contributed by atoms with van der Waals surface area (Å²) in [4.78, 5) is 26.8. The quantitative estimate of drug-likeness (QED) is 0.732. The first-order valence-electron chi connectivity index (χ1n) is 4.23. The lowest BCUT2D eigenvalue weighted by molar-refractivity contribution is 0.629. The van der Waals surface area contributed by atoms with Gasteiger partial charge in [-0.05, 0) is 28.4 Å². The molecular formula is C9H5BrClFN2O2. The summed E-state index contributed by atoms with van der Waals surface area (Å²) in [6, 6.07) is 0. The van der Waals surface area contributed by atoms with Crippen molar-refractivity contribution in [3.05, 3.63) is 41.7 Å². The Morgan fingerprint density at radius 2 is 1.94 bits per heavy atom. The molecule has 2 aromatic rings. The number of aromatic nitrogens is 2. The molecule has 1 aromatic carbocycles. The summed E-state index contributed by atoms with van der Waals surface area (Å²) >= 11 is 8.80. The van der Waals surface area contributed by atoms with Crippen LogP contribution in [0.2, 0.25) is 5.02 Å². The highest BCUT2D eigenvalue weighted by atomic mass is 79.9. The largest absolute Gasteiger partial charge is 0.326 e. The Morgan fingerprint density at radius 3 is 2.56 bits per heavy atom. The minimum atomic E-state index is -0.759. The number of aryl methyl sites for hydroxylation is 1. The van der Waals surface area contributed by atoms with E-state index in [1.807, 2.05) is 4.98 Å². The van der Waals surface area contributed by atoms with Crippen LogP contribution in [-0.2, 0) is 0 Å². The van der Waals surface area contributed by atoms with E-state index in [4.69, 9.17) is 11.6 Å². The molecule has 2 rings (SSSR count). The zero-order valence-corrected chi connectivity index (χ0v) is 10.3. The summed E-state index contributed by atoms with van der Waals surface area (Å²) in [6.07, 6.45) is 0. The molecule has 4 nitrogen and oxygen atoms in total. The first-order chi connectivity index (χ1) is 7.43. The minimum absolute atomic E-state index is 0.0282. The van der Waals surface area contributed by atoms with Gasteiger partial charge in [0.15, 0.2) is 5.82 Å². The molecule has 0 atom stereocenters. The van der Waals surface area contributed by atoms with Crippen LogP contribution in [0.25, 0.3) is 10.9 Å². The molecule has 0 saturated carbocycles. The van der Waals surface area contributed by atoms with Crippen molar-refractivity contribution in [1.29, 1.82) is 0 Å². The Kier molecular flexibility index (Phi) is 2.63. The van der Waals surface area contributed by atoms with Crippen LogP contribution in [-0.4, -0.2) is 9.97 Å². The average Bonchev–Trinajstić information content (AvgIpc) is 2.22. The SMILES string of the molecule is Cc1c(Cl)c(Br)c(F)c2[nH]c(=O)[nH]c(=O)c12. The van der Waals surface area contributed by atoms with Gasteiger partial charge in [0.25, 0.3) is 5.56 Å². The second-order valence-corrected chi connectivity index (χ2v) is 4.40. The lowest BCUT2D eigenvalue weighted by Crippen LogP contribution is -2.23. The third-order valence-electron chi connectivity index (χ3n) is 2.25. The average molecular weight is 308 g/mol. The van der Waals surface area contributed by atoms with E-state index in [9.17, 15) is 14.0 Å². The molecule has 0 fully saturated rings. The second-order valence-electron chi connectivity index (χ2n) is 3.23. The van der Waals surface area contributed by atoms with E-state index in [0.29, 0.717) is 5.56 Å². The van der Waals surface area contributed by atoms with Crippen molar-refractivity contribution in [1.82, 2.24) is 9.97 Å². The van der Waals surface area contributed by atoms with Gasteiger partial charge >= 0.3 is 5.69 Å². The van der Waals surface area contributed by atoms with Gasteiger partial charge in [0.2, 0.25) is 0 Å². The number of fused-ring (bicyclic) bond motifs is 1. The molecule has 0 amide bonds. The number of hydrogen-bond acceptors (Lipinski definition) is 2. The smallest absolute Gasteiger partial charge is 0.304 e. The standard InChI is InChI=1S/C9H5BrClFN2O2/c1-2-3-7(6(12)4(10)5(2)11)13-9(16)14-8(3)15/h1H3,(H2,13,14,15,16). The number of rotatable bonds is 0. The Hall–Kier alpha value is -1.14. The second kappa shape index (κ2) is 3.71. The molecule has 16 heavy (non-hydrogen) atoms. The van der Waals surface area contributed by atoms with E-state index >= 15 is 0 Å². The highest BCUT2D eigenvalue weighted by molar-refractivity contribution is 9.10. The molecular weight excluding hydrogens is 302 g/mol. The van der Waals surface area contributed by atoms with E-state index in [0.717, 1.165) is 0 Å². The van der Waals surface area contributed by atoms with Crippen LogP contribution in [0.4, 0.5) is 4.39 Å². The third-order valence-corrected chi connectivity index (χ3v) is 3.70. The van der Waals surface area contributed by atoms with Gasteiger partial charge in [0.1, 0.15) is 0 Å². The Morgan fingerprint density at radius 1 is 1.31 bits per heavy atom. The predicted molar refractivity (Wildman–Crippen MR) is 62.6 cm³/mol. The fraction of sp³-hybridized carbons (Fsp3) is 0.111. The number of H-pyrrole nitrogens is 2. The lowest BCUT2D eigenvalue weighted by Gasteiger charge is -2.07. The van der Waals surface area contributed by atoms with Crippen molar-refractivity contribution in [2.75, 3.05) is 0 Å². The van der Waals surface area contributed by atoms with E-state index in [1.54, 1.807) is 6.92 Å². The summed E-state index contributed by atoms with van der Waals surface area (Å²) < 4.78 is 13.8. The third kappa shape index (κ3) is 1.49. The highest BCUT2D eigenvalue weighted by Gasteiger charge is 2.17. The molecule has 1 aromatic heterocycles. The van der Waals surface area contributed by atoms with Crippen LogP contribution in [0.5, 0.6) is 0 Å². The molecule has 0 radical (unpaired) electrons. The van der Waals surface area contributed by atoms with Crippen LogP contribution < -0.4 is 11.2 Å². The molecule has 0 bridgehead atoms. The monoisotopic (exact) mass is 306 g/mol. The zero-order valence-electron chi connectivity index (χ0n) is 7.95. The van der Waals surface area contributed by atoms with Crippen molar-refractivity contribution in [3.8, 4) is 0 Å². The lowest BCUT2D eigenvalue weighted by atomic mass is 10.1. The van der Waals surface area contributed by atoms with Gasteiger partial charge in [-0.25, -0.2) is 9.18 Å². The maximum absolute atomic E-state index is 13.7. The number of halogens is 3. The maximum atomic E-state index is 13.7. The topological polar surface area (TPSA) is 65.7 Å². The molecule has 0 aliphatic carbocycles. The summed E-state index contributed by atoms with van der Waals surface area (Å²) in [5.74, 6) is -0.756. The van der Waals surface area contributed by atoms with E-state index in [2.05, 4.69) is 20.9 Å². The predicted octanol–water partition coefficient (Wildman–Crippen LogP) is 2.08. The first kappa shape index (κ1) is 11.3. The van der Waals surface area contributed by atoms with Crippen molar-refractivity contribution >= 4 is 38.4 Å². The molecule has 1 heterocycles. The zero-order chi connectivity index (χ0) is 12.0. The fourth-order valence-electron chi connectivity index (χ4n) is 1.49. The number of nitrogens with one attached hydrogen (secondary N) is 2. The first-order valence-corrected chi connectivity index (χ1v) is 5.40. The summed E-state index contributed by atoms with van der Waals surface area (Å²) in [6.45, 7) is 1.57. The molecule has 0 saturated heterocycles. The molecule has 0 spiro atoms. The fourth-order valence-corrected chi connectivity index (χ4v) is 2.16. The maximum Gasteiger partial charge on any atom is 0.326 e. The summed E-state index contributed by atoms with van der Waals surface area (Å²) in [5.41, 5.74) is -1.17. The number of aromatic amines is 2. The molecule has 84 valence electrons. The molecule has 0 unspecified atom stereocenters. The van der Waals surface area contributed by atoms with Gasteiger partial charge in [-0.15, -0.1) is 0 Å². The van der Waals surface area contributed by atoms with Crippen molar-refractivity contribution in [2.24, 2.45) is 0 Å². The molecule has 7 heteroatoms. The Bertz CT molecular complexity index is 707. The Labute approximate surface area is 102 Å². The normalized spacial score (nSPS) is 11.0. The molecule has 2 N–H and O–H groups in total. The van der Waals surface area contributed by atoms with E-state index < -0.39 is 17.1 Å². The van der Waals surface area contributed by atoms with Crippen LogP contribution in [0.15, 0.2) is 14.1 Å². The van der Waals surface area contributed by atoms with Crippen molar-refractivity contribution < 1.29 is 4.39 Å². The summed E-state index contributed by atoms with van der Waals surface area (Å²) in [5, 5.41) is 0.160. The van der Waals surface area contributed by atoms with E-state index in [1.165, 1.54) is 0 Å². The highest BCUT2D eigenvalue weighted by Crippen LogP contribution is 2.33. The number of hydrogen-bond donors (Lipinski definition) is 2. The van der Waals surface area contributed by atoms with Crippen LogP contribution in [0, 0.1) is 12.7 Å². The van der Waals surface area contributed by atoms with Crippen LogP contribution in [0.3, 0.4) is 0 Å². The van der Waals surface area contributed by atoms with Crippen molar-refractivity contribution in [2.45, 2.75) is 6.92 Å². The van der Waals surface area contributed by atoms with Gasteiger partial charge in [0.05, 0.1) is 20.4 Å². The van der Waals surface area contributed by atoms with Gasteiger partial charge in [-0.3, -0.25) is 9.78 Å². The van der Waals surface area contributed by atoms with Gasteiger partial charge in [0, 0.05) is 0 Å². The minimum Gasteiger partial charge on any atom is -0.304 e. The van der Waals surface area contributed by atoms with E-state index in [-0.39, 0.29) is 20.4 Å². The molecule has 0 aliphatic heterocycles. The number of benzene rings is 1. The Balaban J connectivity index is 3.21. The summed E-state index contributed by atoms with van der Waals surface area (Å²) in [7, 11) is 0. The van der Waals surface area contributed by atoms with Gasteiger partial charge < -0.3 is 4.98 Å². The van der Waals surface area contributed by atoms with Crippen molar-refractivity contribution in [3.63, 3.8) is 0 Å². The van der Waals surface area contributed by atoms with Gasteiger partial charge in [-0.1, -0.05) is 11.6 Å². The molecule has 0 aliphatic rings. The van der Waals surface area contributed by atoms with Gasteiger partial charge in [-0.2, -0.15) is 0 Å². The van der Waals surface area contributed by atoms with Crippen LogP contribution in [0.1, 0.15) is 5.56 Å².